The average molecular weight is 297 g/mol. The topological polar surface area (TPSA) is 38.3 Å². The SMILES string of the molecule is COC(=O)NC1(CI)CCCCC1. The van der Waals surface area contributed by atoms with Gasteiger partial charge in [-0.1, -0.05) is 41.9 Å². The molecule has 4 heteroatoms. The molecule has 0 spiro atoms. The first-order chi connectivity index (χ1) is 6.22. The minimum atomic E-state index is -0.293. The largest absolute Gasteiger partial charge is 0.453 e. The highest BCUT2D eigenvalue weighted by atomic mass is 127. The molecule has 1 rings (SSSR count). The molecule has 0 bridgehead atoms. The second kappa shape index (κ2) is 5.02. The first-order valence-electron chi connectivity index (χ1n) is 4.64. The third-order valence-electron chi connectivity index (χ3n) is 2.62. The van der Waals surface area contributed by atoms with Crippen LogP contribution in [-0.4, -0.2) is 23.2 Å². The van der Waals surface area contributed by atoms with Gasteiger partial charge in [0, 0.05) is 4.43 Å². The number of hydrogen-bond donors (Lipinski definition) is 1. The summed E-state index contributed by atoms with van der Waals surface area (Å²) in [6.07, 6.45) is 5.61. The van der Waals surface area contributed by atoms with Gasteiger partial charge in [0.15, 0.2) is 0 Å². The lowest BCUT2D eigenvalue weighted by Gasteiger charge is -2.35. The number of rotatable bonds is 2. The highest BCUT2D eigenvalue weighted by molar-refractivity contribution is 14.1. The van der Waals surface area contributed by atoms with Gasteiger partial charge in [-0.25, -0.2) is 4.79 Å². The van der Waals surface area contributed by atoms with Crippen LogP contribution >= 0.6 is 22.6 Å². The van der Waals surface area contributed by atoms with E-state index in [-0.39, 0.29) is 11.6 Å². The summed E-state index contributed by atoms with van der Waals surface area (Å²) in [5, 5.41) is 2.96. The van der Waals surface area contributed by atoms with Crippen molar-refractivity contribution in [3.8, 4) is 0 Å². The molecule has 3 nitrogen and oxygen atoms in total. The number of ether oxygens (including phenoxy) is 1. The summed E-state index contributed by atoms with van der Waals surface area (Å²) in [6.45, 7) is 0. The van der Waals surface area contributed by atoms with Crippen molar-refractivity contribution in [2.45, 2.75) is 37.6 Å². The van der Waals surface area contributed by atoms with E-state index in [0.717, 1.165) is 17.3 Å². The van der Waals surface area contributed by atoms with Gasteiger partial charge in [-0.15, -0.1) is 0 Å². The molecule has 0 saturated heterocycles. The van der Waals surface area contributed by atoms with Crippen molar-refractivity contribution in [2.75, 3.05) is 11.5 Å². The Morgan fingerprint density at radius 2 is 2.08 bits per heavy atom. The Hall–Kier alpha value is 0. The van der Waals surface area contributed by atoms with Gasteiger partial charge in [-0.2, -0.15) is 0 Å². The van der Waals surface area contributed by atoms with E-state index in [9.17, 15) is 4.79 Å². The van der Waals surface area contributed by atoms with E-state index >= 15 is 0 Å². The van der Waals surface area contributed by atoms with Crippen LogP contribution in [0, 0.1) is 0 Å². The van der Waals surface area contributed by atoms with Gasteiger partial charge >= 0.3 is 6.09 Å². The van der Waals surface area contributed by atoms with Crippen molar-refractivity contribution in [3.63, 3.8) is 0 Å². The molecule has 0 aromatic rings. The van der Waals surface area contributed by atoms with Crippen LogP contribution in [0.3, 0.4) is 0 Å². The van der Waals surface area contributed by atoms with Crippen LogP contribution in [0.25, 0.3) is 0 Å². The van der Waals surface area contributed by atoms with Crippen molar-refractivity contribution in [3.05, 3.63) is 0 Å². The van der Waals surface area contributed by atoms with Crippen LogP contribution in [0.1, 0.15) is 32.1 Å². The van der Waals surface area contributed by atoms with Gasteiger partial charge in [0.2, 0.25) is 0 Å². The minimum Gasteiger partial charge on any atom is -0.453 e. The zero-order valence-electron chi connectivity index (χ0n) is 7.94. The summed E-state index contributed by atoms with van der Waals surface area (Å²) in [6, 6.07) is 0. The van der Waals surface area contributed by atoms with Crippen molar-refractivity contribution in [1.29, 1.82) is 0 Å². The molecule has 0 unspecified atom stereocenters. The fourth-order valence-corrected chi connectivity index (χ4v) is 2.74. The summed E-state index contributed by atoms with van der Waals surface area (Å²) < 4.78 is 5.60. The Labute approximate surface area is 92.7 Å². The lowest BCUT2D eigenvalue weighted by Crippen LogP contribution is -2.51. The number of nitrogens with one attached hydrogen (secondary N) is 1. The lowest BCUT2D eigenvalue weighted by atomic mass is 9.83. The van der Waals surface area contributed by atoms with Crippen molar-refractivity contribution >= 4 is 28.7 Å². The Kier molecular flexibility index (Phi) is 4.28. The minimum absolute atomic E-state index is 0.00586. The van der Waals surface area contributed by atoms with Crippen LogP contribution in [-0.2, 0) is 4.74 Å². The predicted molar refractivity (Wildman–Crippen MR) is 60.2 cm³/mol. The van der Waals surface area contributed by atoms with Crippen LogP contribution in [0.2, 0.25) is 0 Å². The molecule has 1 N–H and O–H groups in total. The maximum atomic E-state index is 11.1. The maximum Gasteiger partial charge on any atom is 0.407 e. The molecule has 1 aliphatic rings. The number of alkyl halides is 1. The van der Waals surface area contributed by atoms with E-state index in [2.05, 4.69) is 32.6 Å². The fourth-order valence-electron chi connectivity index (χ4n) is 1.79. The molecule has 0 aromatic carbocycles. The monoisotopic (exact) mass is 297 g/mol. The lowest BCUT2D eigenvalue weighted by molar-refractivity contribution is 0.150. The number of carbonyl (C=O) groups excluding carboxylic acids is 1. The normalized spacial score (nSPS) is 20.8. The second-order valence-electron chi connectivity index (χ2n) is 3.59. The Morgan fingerprint density at radius 1 is 1.46 bits per heavy atom. The molecule has 0 heterocycles. The maximum absolute atomic E-state index is 11.1. The van der Waals surface area contributed by atoms with Gasteiger partial charge < -0.3 is 10.1 Å². The van der Waals surface area contributed by atoms with Crippen molar-refractivity contribution in [2.24, 2.45) is 0 Å². The van der Waals surface area contributed by atoms with E-state index in [1.54, 1.807) is 0 Å². The summed E-state index contributed by atoms with van der Waals surface area (Å²) in [5.41, 5.74) is 0.00586. The van der Waals surface area contributed by atoms with E-state index in [1.807, 2.05) is 0 Å². The molecule has 1 fully saturated rings. The molecule has 13 heavy (non-hydrogen) atoms. The number of amides is 1. The molecule has 76 valence electrons. The molecule has 0 aromatic heterocycles. The summed E-state index contributed by atoms with van der Waals surface area (Å²) in [5.74, 6) is 0. The van der Waals surface area contributed by atoms with Crippen LogP contribution in [0.4, 0.5) is 4.79 Å². The Balaban J connectivity index is 2.52. The fraction of sp³-hybridized carbons (Fsp3) is 0.889. The van der Waals surface area contributed by atoms with Gasteiger partial charge in [0.25, 0.3) is 0 Å². The van der Waals surface area contributed by atoms with Crippen LogP contribution in [0.15, 0.2) is 0 Å². The first-order valence-corrected chi connectivity index (χ1v) is 6.17. The number of carbonyl (C=O) groups is 1. The third-order valence-corrected chi connectivity index (χ3v) is 4.08. The molecular weight excluding hydrogens is 281 g/mol. The van der Waals surface area contributed by atoms with Crippen LogP contribution in [0.5, 0.6) is 0 Å². The average Bonchev–Trinajstić information content (AvgIpc) is 2.19. The Bertz CT molecular complexity index is 178. The standard InChI is InChI=1S/C9H16INO2/c1-13-8(12)11-9(7-10)5-3-2-4-6-9/h2-7H2,1H3,(H,11,12). The summed E-state index contributed by atoms with van der Waals surface area (Å²) in [4.78, 5) is 11.1. The van der Waals surface area contributed by atoms with Crippen molar-refractivity contribution < 1.29 is 9.53 Å². The van der Waals surface area contributed by atoms with Gasteiger partial charge in [-0.3, -0.25) is 0 Å². The predicted octanol–water partition coefficient (Wildman–Crippen LogP) is 2.48. The Morgan fingerprint density at radius 3 is 2.54 bits per heavy atom. The number of halogens is 1. The zero-order chi connectivity index (χ0) is 9.73. The molecule has 1 aliphatic carbocycles. The molecule has 0 radical (unpaired) electrons. The molecule has 1 saturated carbocycles. The second-order valence-corrected chi connectivity index (χ2v) is 4.35. The highest BCUT2D eigenvalue weighted by Crippen LogP contribution is 2.29. The molecular formula is C9H16INO2. The van der Waals surface area contributed by atoms with Crippen molar-refractivity contribution in [1.82, 2.24) is 5.32 Å². The third kappa shape index (κ3) is 3.00. The molecule has 1 amide bonds. The first kappa shape index (κ1) is 11.1. The van der Waals surface area contributed by atoms with Crippen LogP contribution < -0.4 is 5.32 Å². The van der Waals surface area contributed by atoms with Gasteiger partial charge in [-0.05, 0) is 12.8 Å². The number of hydrogen-bond acceptors (Lipinski definition) is 2. The van der Waals surface area contributed by atoms with Gasteiger partial charge in [0.05, 0.1) is 12.6 Å². The van der Waals surface area contributed by atoms with E-state index in [4.69, 9.17) is 0 Å². The molecule has 0 atom stereocenters. The van der Waals surface area contributed by atoms with Gasteiger partial charge in [0.1, 0.15) is 0 Å². The van der Waals surface area contributed by atoms with E-state index in [0.29, 0.717) is 0 Å². The zero-order valence-corrected chi connectivity index (χ0v) is 10.1. The summed E-state index contributed by atoms with van der Waals surface area (Å²) in [7, 11) is 1.42. The molecule has 0 aliphatic heterocycles. The van der Waals surface area contributed by atoms with E-state index in [1.165, 1.54) is 26.4 Å². The van der Waals surface area contributed by atoms with E-state index < -0.39 is 0 Å². The quantitative estimate of drug-likeness (QED) is 0.628. The smallest absolute Gasteiger partial charge is 0.407 e. The highest BCUT2D eigenvalue weighted by Gasteiger charge is 2.32. The number of methoxy groups -OCH3 is 1. The summed E-state index contributed by atoms with van der Waals surface area (Å²) >= 11 is 2.34. The number of alkyl carbamates (subject to hydrolysis) is 1.